The molecule has 1 aromatic rings. The number of rotatable bonds is 5. The Labute approximate surface area is 157 Å². The molecule has 2 rings (SSSR count). The van der Waals surface area contributed by atoms with Crippen LogP contribution >= 0.6 is 24.0 Å². The predicted octanol–water partition coefficient (Wildman–Crippen LogP) is 3.20. The normalized spacial score (nSPS) is 16.5. The van der Waals surface area contributed by atoms with E-state index >= 15 is 0 Å². The molecule has 0 saturated carbocycles. The Bertz CT molecular complexity index is 706. The van der Waals surface area contributed by atoms with Crippen molar-refractivity contribution in [2.75, 3.05) is 13.2 Å². The first-order valence-corrected chi connectivity index (χ1v) is 9.21. The van der Waals surface area contributed by atoms with Crippen LogP contribution in [0.15, 0.2) is 29.2 Å². The Morgan fingerprint density at radius 2 is 1.96 bits per heavy atom. The van der Waals surface area contributed by atoms with E-state index in [1.807, 2.05) is 52.0 Å². The van der Waals surface area contributed by atoms with Gasteiger partial charge < -0.3 is 10.1 Å². The van der Waals surface area contributed by atoms with E-state index in [0.717, 1.165) is 11.3 Å². The molecule has 0 aromatic heterocycles. The molecule has 0 spiro atoms. The number of thioether (sulfide) groups is 1. The van der Waals surface area contributed by atoms with Gasteiger partial charge in [0.25, 0.3) is 5.91 Å². The molecule has 0 radical (unpaired) electrons. The van der Waals surface area contributed by atoms with Crippen LogP contribution in [0, 0.1) is 0 Å². The molecule has 0 unspecified atom stereocenters. The van der Waals surface area contributed by atoms with Gasteiger partial charge in [0.2, 0.25) is 5.91 Å². The minimum Gasteiger partial charge on any atom is -0.494 e. The van der Waals surface area contributed by atoms with Crippen molar-refractivity contribution < 1.29 is 14.3 Å². The Kier molecular flexibility index (Phi) is 6.24. The van der Waals surface area contributed by atoms with Gasteiger partial charge in [0.15, 0.2) is 0 Å². The predicted molar refractivity (Wildman–Crippen MR) is 105 cm³/mol. The Hall–Kier alpha value is -1.86. The number of carbonyl (C=O) groups is 2. The lowest BCUT2D eigenvalue weighted by Crippen LogP contribution is -2.46. The quantitative estimate of drug-likeness (QED) is 0.630. The van der Waals surface area contributed by atoms with Crippen LogP contribution in [0.25, 0.3) is 6.08 Å². The van der Waals surface area contributed by atoms with Crippen LogP contribution in [0.1, 0.15) is 33.3 Å². The highest BCUT2D eigenvalue weighted by Gasteiger charge is 2.33. The molecule has 0 bridgehead atoms. The molecule has 7 heteroatoms. The van der Waals surface area contributed by atoms with Crippen molar-refractivity contribution in [2.24, 2.45) is 0 Å². The number of nitrogens with one attached hydrogen (secondary N) is 1. The molecule has 1 heterocycles. The van der Waals surface area contributed by atoms with Gasteiger partial charge in [-0.25, -0.2) is 0 Å². The van der Waals surface area contributed by atoms with Gasteiger partial charge in [-0.05, 0) is 51.5 Å². The molecule has 5 nitrogen and oxygen atoms in total. The molecule has 1 aliphatic rings. The zero-order valence-electron chi connectivity index (χ0n) is 14.8. The molecule has 1 saturated heterocycles. The molecular weight excluding hydrogens is 356 g/mol. The summed E-state index contributed by atoms with van der Waals surface area (Å²) in [5.74, 6) is 0.310. The fourth-order valence-electron chi connectivity index (χ4n) is 2.22. The maximum absolute atomic E-state index is 12.5. The van der Waals surface area contributed by atoms with Gasteiger partial charge in [-0.2, -0.15) is 0 Å². The average molecular weight is 379 g/mol. The van der Waals surface area contributed by atoms with Gasteiger partial charge in [0.1, 0.15) is 16.6 Å². The van der Waals surface area contributed by atoms with Crippen LogP contribution in [0.3, 0.4) is 0 Å². The highest BCUT2D eigenvalue weighted by atomic mass is 32.2. The molecular formula is C18H22N2O3S2. The maximum atomic E-state index is 12.5. The summed E-state index contributed by atoms with van der Waals surface area (Å²) in [6.07, 6.45) is 1.77. The largest absolute Gasteiger partial charge is 0.494 e. The number of thiocarbonyl (C=S) groups is 1. The number of ether oxygens (including phenoxy) is 1. The van der Waals surface area contributed by atoms with Crippen LogP contribution < -0.4 is 10.1 Å². The molecule has 0 atom stereocenters. The lowest BCUT2D eigenvalue weighted by atomic mass is 10.1. The molecule has 25 heavy (non-hydrogen) atoms. The van der Waals surface area contributed by atoms with Crippen molar-refractivity contribution >= 4 is 46.2 Å². The summed E-state index contributed by atoms with van der Waals surface area (Å²) in [5.41, 5.74) is 0.526. The van der Waals surface area contributed by atoms with Crippen molar-refractivity contribution in [2.45, 2.75) is 33.2 Å². The Balaban J connectivity index is 2.08. The van der Waals surface area contributed by atoms with E-state index < -0.39 is 0 Å². The molecule has 134 valence electrons. The van der Waals surface area contributed by atoms with Crippen molar-refractivity contribution in [3.63, 3.8) is 0 Å². The minimum absolute atomic E-state index is 0.0669. The number of carbonyl (C=O) groups excluding carboxylic acids is 2. The zero-order valence-corrected chi connectivity index (χ0v) is 16.4. The van der Waals surface area contributed by atoms with Crippen LogP contribution in [-0.4, -0.2) is 39.7 Å². The van der Waals surface area contributed by atoms with E-state index in [-0.39, 0.29) is 23.9 Å². The van der Waals surface area contributed by atoms with Crippen molar-refractivity contribution in [3.8, 4) is 5.75 Å². The summed E-state index contributed by atoms with van der Waals surface area (Å²) < 4.78 is 5.80. The highest BCUT2D eigenvalue weighted by Crippen LogP contribution is 2.32. The number of amides is 2. The third kappa shape index (κ3) is 5.57. The fraction of sp³-hybridized carbons (Fsp3) is 0.389. The van der Waals surface area contributed by atoms with E-state index in [4.69, 9.17) is 17.0 Å². The van der Waals surface area contributed by atoms with E-state index in [0.29, 0.717) is 15.8 Å². The first kappa shape index (κ1) is 19.5. The Morgan fingerprint density at radius 1 is 1.32 bits per heavy atom. The molecule has 1 fully saturated rings. The molecule has 1 aromatic carbocycles. The first-order chi connectivity index (χ1) is 11.7. The minimum atomic E-state index is -0.352. The van der Waals surface area contributed by atoms with Gasteiger partial charge in [0, 0.05) is 5.54 Å². The topological polar surface area (TPSA) is 58.6 Å². The maximum Gasteiger partial charge on any atom is 0.266 e. The second-order valence-electron chi connectivity index (χ2n) is 6.57. The molecule has 0 aliphatic carbocycles. The second kappa shape index (κ2) is 8.01. The SMILES string of the molecule is CCOc1ccc(C=C2SC(=S)N(CC(=O)NC(C)(C)C)C2=O)cc1. The summed E-state index contributed by atoms with van der Waals surface area (Å²) in [6, 6.07) is 7.47. The van der Waals surface area contributed by atoms with Gasteiger partial charge >= 0.3 is 0 Å². The summed E-state index contributed by atoms with van der Waals surface area (Å²) in [4.78, 5) is 26.4. The summed E-state index contributed by atoms with van der Waals surface area (Å²) in [5, 5.41) is 2.83. The van der Waals surface area contributed by atoms with Gasteiger partial charge in [0.05, 0.1) is 11.5 Å². The number of benzene rings is 1. The van der Waals surface area contributed by atoms with E-state index in [2.05, 4.69) is 5.32 Å². The monoisotopic (exact) mass is 378 g/mol. The average Bonchev–Trinajstić information content (AvgIpc) is 2.75. The van der Waals surface area contributed by atoms with Crippen LogP contribution in [-0.2, 0) is 9.59 Å². The van der Waals surface area contributed by atoms with Crippen molar-refractivity contribution in [1.82, 2.24) is 10.2 Å². The number of hydrogen-bond acceptors (Lipinski definition) is 5. The summed E-state index contributed by atoms with van der Waals surface area (Å²) in [7, 11) is 0. The van der Waals surface area contributed by atoms with Crippen LogP contribution in [0.5, 0.6) is 5.75 Å². The smallest absolute Gasteiger partial charge is 0.266 e. The number of hydrogen-bond donors (Lipinski definition) is 1. The summed E-state index contributed by atoms with van der Waals surface area (Å²) >= 11 is 6.46. The van der Waals surface area contributed by atoms with Crippen molar-refractivity contribution in [3.05, 3.63) is 34.7 Å². The lowest BCUT2D eigenvalue weighted by molar-refractivity contribution is -0.129. The third-order valence-corrected chi connectivity index (χ3v) is 4.56. The van der Waals surface area contributed by atoms with Gasteiger partial charge in [-0.3, -0.25) is 14.5 Å². The van der Waals surface area contributed by atoms with Crippen LogP contribution in [0.2, 0.25) is 0 Å². The molecule has 1 N–H and O–H groups in total. The van der Waals surface area contributed by atoms with Gasteiger partial charge in [-0.15, -0.1) is 0 Å². The second-order valence-corrected chi connectivity index (χ2v) is 8.24. The number of nitrogens with zero attached hydrogens (tertiary/aromatic N) is 1. The highest BCUT2D eigenvalue weighted by molar-refractivity contribution is 8.26. The molecule has 2 amide bonds. The van der Waals surface area contributed by atoms with Gasteiger partial charge in [-0.1, -0.05) is 36.1 Å². The third-order valence-electron chi connectivity index (χ3n) is 3.18. The van der Waals surface area contributed by atoms with Crippen molar-refractivity contribution in [1.29, 1.82) is 0 Å². The zero-order chi connectivity index (χ0) is 18.6. The fourth-order valence-corrected chi connectivity index (χ4v) is 3.47. The summed E-state index contributed by atoms with van der Waals surface area (Å²) in [6.45, 7) is 8.13. The van der Waals surface area contributed by atoms with E-state index in [1.54, 1.807) is 6.08 Å². The first-order valence-electron chi connectivity index (χ1n) is 7.99. The van der Waals surface area contributed by atoms with E-state index in [1.165, 1.54) is 16.7 Å². The Morgan fingerprint density at radius 3 is 2.52 bits per heavy atom. The van der Waals surface area contributed by atoms with E-state index in [9.17, 15) is 9.59 Å². The molecule has 1 aliphatic heterocycles. The van der Waals surface area contributed by atoms with Crippen LogP contribution in [0.4, 0.5) is 0 Å². The standard InChI is InChI=1S/C18H22N2O3S2/c1-5-23-13-8-6-12(7-9-13)10-14-16(22)20(17(24)25-14)11-15(21)19-18(2,3)4/h6-10H,5,11H2,1-4H3,(H,19,21). The lowest BCUT2D eigenvalue weighted by Gasteiger charge is -2.22.